The summed E-state index contributed by atoms with van der Waals surface area (Å²) in [7, 11) is 0. The highest BCUT2D eigenvalue weighted by Crippen LogP contribution is 2.35. The first-order valence-electron chi connectivity index (χ1n) is 8.97. The number of nitrogens with one attached hydrogen (secondary N) is 1. The number of aromatic nitrogens is 3. The van der Waals surface area contributed by atoms with Gasteiger partial charge in [-0.3, -0.25) is 0 Å². The van der Waals surface area contributed by atoms with Crippen molar-refractivity contribution in [2.75, 3.05) is 13.1 Å². The van der Waals surface area contributed by atoms with Crippen LogP contribution in [0.2, 0.25) is 0 Å². The molecule has 1 saturated heterocycles. The summed E-state index contributed by atoms with van der Waals surface area (Å²) < 4.78 is 1.58. The fourth-order valence-electron chi connectivity index (χ4n) is 4.32. The van der Waals surface area contributed by atoms with Crippen molar-refractivity contribution in [2.45, 2.75) is 33.2 Å². The van der Waals surface area contributed by atoms with Crippen LogP contribution < -0.4 is 4.90 Å². The molecule has 5 nitrogen and oxygen atoms in total. The number of aromatic hydroxyl groups is 1. The Labute approximate surface area is 151 Å². The van der Waals surface area contributed by atoms with Gasteiger partial charge >= 0.3 is 0 Å². The Balaban J connectivity index is 1.82. The van der Waals surface area contributed by atoms with Gasteiger partial charge in [0.25, 0.3) is 0 Å². The molecule has 0 bridgehead atoms. The van der Waals surface area contributed by atoms with E-state index in [-0.39, 0.29) is 11.9 Å². The number of aryl methyl sites for hydroxylation is 1. The number of thiazole rings is 1. The van der Waals surface area contributed by atoms with E-state index in [2.05, 4.69) is 48.2 Å². The van der Waals surface area contributed by atoms with Crippen LogP contribution in [0.4, 0.5) is 0 Å². The topological polar surface area (TPSA) is 54.9 Å². The van der Waals surface area contributed by atoms with Crippen molar-refractivity contribution in [3.63, 3.8) is 0 Å². The van der Waals surface area contributed by atoms with Crippen molar-refractivity contribution in [3.05, 3.63) is 46.6 Å². The largest absolute Gasteiger partial charge is 0.492 e. The zero-order valence-corrected chi connectivity index (χ0v) is 15.8. The highest BCUT2D eigenvalue weighted by Gasteiger charge is 2.36. The second-order valence-corrected chi connectivity index (χ2v) is 8.51. The first-order valence-corrected chi connectivity index (χ1v) is 9.79. The maximum absolute atomic E-state index is 10.9. The van der Waals surface area contributed by atoms with Crippen molar-refractivity contribution < 1.29 is 10.0 Å². The van der Waals surface area contributed by atoms with Gasteiger partial charge in [-0.05, 0) is 13.3 Å². The smallest absolute Gasteiger partial charge is 0.235 e. The van der Waals surface area contributed by atoms with E-state index in [0.717, 1.165) is 22.9 Å². The summed E-state index contributed by atoms with van der Waals surface area (Å²) in [5, 5.41) is 15.2. The molecule has 0 unspecified atom stereocenters. The molecule has 25 heavy (non-hydrogen) atoms. The Morgan fingerprint density at radius 2 is 1.88 bits per heavy atom. The highest BCUT2D eigenvalue weighted by molar-refractivity contribution is 7.17. The zero-order chi connectivity index (χ0) is 17.6. The molecule has 0 saturated carbocycles. The van der Waals surface area contributed by atoms with Crippen molar-refractivity contribution in [1.82, 2.24) is 14.6 Å². The maximum atomic E-state index is 10.9. The lowest BCUT2D eigenvalue weighted by Crippen LogP contribution is -3.14. The summed E-state index contributed by atoms with van der Waals surface area (Å²) in [5.74, 6) is 2.32. The third-order valence-corrected chi connectivity index (χ3v) is 6.22. The zero-order valence-electron chi connectivity index (χ0n) is 14.9. The number of quaternary nitrogens is 1. The predicted molar refractivity (Wildman–Crippen MR) is 99.2 cm³/mol. The van der Waals surface area contributed by atoms with E-state index >= 15 is 0 Å². The molecule has 0 aliphatic carbocycles. The Hall–Kier alpha value is -1.92. The van der Waals surface area contributed by atoms with Gasteiger partial charge in [-0.15, -0.1) is 5.10 Å². The lowest BCUT2D eigenvalue weighted by Gasteiger charge is -2.36. The van der Waals surface area contributed by atoms with E-state index in [4.69, 9.17) is 0 Å². The van der Waals surface area contributed by atoms with Crippen molar-refractivity contribution >= 4 is 16.3 Å². The van der Waals surface area contributed by atoms with Crippen molar-refractivity contribution in [1.29, 1.82) is 0 Å². The normalized spacial score (nSPS) is 25.3. The highest BCUT2D eigenvalue weighted by atomic mass is 32.1. The summed E-state index contributed by atoms with van der Waals surface area (Å²) in [6.07, 6.45) is 1.28. The summed E-state index contributed by atoms with van der Waals surface area (Å²) >= 11 is 1.56. The molecule has 2 aromatic heterocycles. The monoisotopic (exact) mass is 357 g/mol. The molecule has 4 rings (SSSR count). The molecule has 0 radical (unpaired) electrons. The van der Waals surface area contributed by atoms with Gasteiger partial charge in [-0.2, -0.15) is 4.52 Å². The number of nitrogens with zero attached hydrogens (tertiary/aromatic N) is 3. The van der Waals surface area contributed by atoms with Crippen LogP contribution in [0, 0.1) is 18.8 Å². The van der Waals surface area contributed by atoms with Gasteiger partial charge < -0.3 is 10.0 Å². The number of rotatable bonds is 3. The lowest BCUT2D eigenvalue weighted by atomic mass is 9.89. The fourth-order valence-corrected chi connectivity index (χ4v) is 5.51. The molecule has 1 aliphatic rings. The number of hydrogen-bond acceptors (Lipinski definition) is 4. The molecule has 3 atom stereocenters. The molecule has 132 valence electrons. The van der Waals surface area contributed by atoms with Crippen LogP contribution >= 0.6 is 11.3 Å². The minimum absolute atomic E-state index is 0.125. The average molecular weight is 358 g/mol. The molecule has 2 N–H and O–H groups in total. The molecular formula is C19H25N4OS+. The predicted octanol–water partition coefficient (Wildman–Crippen LogP) is 2.46. The third kappa shape index (κ3) is 3.04. The number of likely N-dealkylation sites (tertiary alicyclic amines) is 1. The van der Waals surface area contributed by atoms with Crippen molar-refractivity contribution in [3.8, 4) is 5.88 Å². The first-order chi connectivity index (χ1) is 12.0. The number of hydrogen-bond donors (Lipinski definition) is 2. The van der Waals surface area contributed by atoms with Crippen LogP contribution in [0.3, 0.4) is 0 Å². The average Bonchev–Trinajstić information content (AvgIpc) is 3.06. The maximum Gasteiger partial charge on any atom is 0.235 e. The molecule has 3 heterocycles. The van der Waals surface area contributed by atoms with Gasteiger partial charge in [-0.1, -0.05) is 55.5 Å². The van der Waals surface area contributed by atoms with Gasteiger partial charge in [0.1, 0.15) is 10.7 Å². The molecule has 0 amide bonds. The Bertz CT molecular complexity index is 862. The van der Waals surface area contributed by atoms with Crippen LogP contribution in [0.15, 0.2) is 30.3 Å². The summed E-state index contributed by atoms with van der Waals surface area (Å²) in [6, 6.07) is 10.7. The number of benzene rings is 1. The Kier molecular flexibility index (Phi) is 4.25. The van der Waals surface area contributed by atoms with Gasteiger partial charge in [0, 0.05) is 17.4 Å². The molecule has 3 aromatic rings. The van der Waals surface area contributed by atoms with Crippen LogP contribution in [0.5, 0.6) is 5.88 Å². The minimum atomic E-state index is 0.125. The molecule has 6 heteroatoms. The van der Waals surface area contributed by atoms with Crippen LogP contribution in [-0.2, 0) is 0 Å². The standard InChI is InChI=1S/C19H24N4OS/c1-12-9-13(2)11-22(10-12)16(15-7-5-4-6-8-15)17-18(24)23-19(25-17)20-14(3)21-23/h4-8,12-13,16,24H,9-11H2,1-3H3/p+1/t12-,13-,16+/m0/s1. The van der Waals surface area contributed by atoms with Crippen LogP contribution in [-0.4, -0.2) is 32.8 Å². The van der Waals surface area contributed by atoms with E-state index in [9.17, 15) is 5.11 Å². The van der Waals surface area contributed by atoms with Gasteiger partial charge in [0.15, 0.2) is 6.04 Å². The molecule has 1 aromatic carbocycles. The fraction of sp³-hybridized carbons (Fsp3) is 0.474. The molecule has 1 fully saturated rings. The van der Waals surface area contributed by atoms with E-state index in [1.165, 1.54) is 16.9 Å². The van der Waals surface area contributed by atoms with E-state index in [1.54, 1.807) is 15.9 Å². The van der Waals surface area contributed by atoms with Crippen LogP contribution in [0.25, 0.3) is 4.96 Å². The summed E-state index contributed by atoms with van der Waals surface area (Å²) in [4.78, 5) is 7.71. The lowest BCUT2D eigenvalue weighted by molar-refractivity contribution is -0.936. The quantitative estimate of drug-likeness (QED) is 0.757. The minimum Gasteiger partial charge on any atom is -0.492 e. The van der Waals surface area contributed by atoms with Gasteiger partial charge in [0.2, 0.25) is 10.8 Å². The van der Waals surface area contributed by atoms with E-state index < -0.39 is 0 Å². The van der Waals surface area contributed by atoms with Crippen LogP contribution in [0.1, 0.15) is 42.6 Å². The van der Waals surface area contributed by atoms with Gasteiger partial charge in [-0.25, -0.2) is 4.98 Å². The van der Waals surface area contributed by atoms with E-state index in [1.807, 2.05) is 13.0 Å². The second kappa shape index (κ2) is 6.42. The summed E-state index contributed by atoms with van der Waals surface area (Å²) in [6.45, 7) is 8.77. The molecule has 0 spiro atoms. The Morgan fingerprint density at radius 3 is 2.52 bits per heavy atom. The van der Waals surface area contributed by atoms with E-state index in [0.29, 0.717) is 17.7 Å². The number of fused-ring (bicyclic) bond motifs is 1. The Morgan fingerprint density at radius 1 is 1.20 bits per heavy atom. The number of piperidine rings is 1. The van der Waals surface area contributed by atoms with Crippen molar-refractivity contribution in [2.24, 2.45) is 11.8 Å². The second-order valence-electron chi connectivity index (χ2n) is 7.50. The summed E-state index contributed by atoms with van der Waals surface area (Å²) in [5.41, 5.74) is 1.25. The van der Waals surface area contributed by atoms with Gasteiger partial charge in [0.05, 0.1) is 13.1 Å². The SMILES string of the molecule is Cc1nc2sc([C@@H](c3ccccc3)[NH+]3C[C@@H](C)C[C@H](C)C3)c(O)n2n1. The molecule has 1 aliphatic heterocycles. The molecular weight excluding hydrogens is 332 g/mol. The third-order valence-electron chi connectivity index (χ3n) is 5.13. The first kappa shape index (κ1) is 16.5.